The summed E-state index contributed by atoms with van der Waals surface area (Å²) in [4.78, 5) is 10.3. The fraction of sp³-hybridized carbons (Fsp3) is 0.585. The molecule has 0 fully saturated rings. The van der Waals surface area contributed by atoms with E-state index in [2.05, 4.69) is 12.2 Å². The molecule has 2 aromatic rings. The monoisotopic (exact) mass is 872 g/mol. The van der Waals surface area contributed by atoms with Gasteiger partial charge in [-0.15, -0.1) is 0 Å². The number of carboxylic acids is 1. The van der Waals surface area contributed by atoms with Crippen LogP contribution in [0, 0.1) is 16.7 Å². The van der Waals surface area contributed by atoms with Crippen LogP contribution in [0.25, 0.3) is 0 Å². The first-order valence-electron chi connectivity index (χ1n) is 20.1. The molecule has 11 N–H and O–H groups in total. The first kappa shape index (κ1) is 54.9. The van der Waals surface area contributed by atoms with Crippen molar-refractivity contribution in [1.29, 1.82) is 10.8 Å². The highest BCUT2D eigenvalue weighted by Gasteiger charge is 2.08. The molecule has 0 radical (unpaired) electrons. The first-order valence-corrected chi connectivity index (χ1v) is 23.3. The number of rotatable bonds is 27. The minimum Gasteiger partial charge on any atom is -0.494 e. The van der Waals surface area contributed by atoms with Crippen LogP contribution in [0.4, 0.5) is 0 Å². The standard InChI is InChI=1S/C19H24N4O2.C18H32O2.2C2H6O4S/c20-18(21)14-4-8-16(9-5-14)24-12-2-1-3-13-25-17-10-6-15(7-11-17)19(22)23;19-18(20)16-10-8-6-4-2-1-3-5-7-9-13-17-14-11-12-15-17;2*3-1-2-7(4,5)6/h4-11H,1-3,12-13H2,(H3,20,21)(H3,22,23);11,14,17H,1-10,12-13,15-16H2,(H,19,20);2*3H,1-2H2,(H,4,5,6). The molecule has 0 aliphatic heterocycles. The third kappa shape index (κ3) is 35.6. The molecule has 0 saturated carbocycles. The molecule has 18 heteroatoms. The number of hydrogen-bond donors (Lipinski definition) is 9. The number of amidine groups is 2. The molecule has 1 unspecified atom stereocenters. The molecule has 16 nitrogen and oxygen atoms in total. The number of ether oxygens (including phenoxy) is 2. The fourth-order valence-electron chi connectivity index (χ4n) is 5.49. The van der Waals surface area contributed by atoms with Gasteiger partial charge in [0.05, 0.1) is 37.9 Å². The van der Waals surface area contributed by atoms with Crippen LogP contribution in [-0.4, -0.2) is 96.8 Å². The van der Waals surface area contributed by atoms with E-state index in [0.717, 1.165) is 49.5 Å². The topological polar surface area (TPSA) is 305 Å². The third-order valence-corrected chi connectivity index (χ3v) is 10.1. The maximum Gasteiger partial charge on any atom is 0.303 e. The number of nitrogen functional groups attached to an aromatic ring is 2. The van der Waals surface area contributed by atoms with Gasteiger partial charge in [-0.2, -0.15) is 16.8 Å². The van der Waals surface area contributed by atoms with E-state index in [-0.39, 0.29) is 11.7 Å². The average Bonchev–Trinajstić information content (AvgIpc) is 3.69. The summed E-state index contributed by atoms with van der Waals surface area (Å²) in [5.41, 5.74) is 12.2. The number of nitrogens with one attached hydrogen (secondary N) is 2. The molecule has 0 spiro atoms. The quantitative estimate of drug-likeness (QED) is 0.0156. The van der Waals surface area contributed by atoms with Crippen LogP contribution in [0.15, 0.2) is 60.7 Å². The molecule has 1 aliphatic rings. The number of benzene rings is 2. The lowest BCUT2D eigenvalue weighted by Crippen LogP contribution is -2.10. The molecular weight excluding hydrogens is 805 g/mol. The van der Waals surface area contributed by atoms with Crippen LogP contribution < -0.4 is 20.9 Å². The summed E-state index contributed by atoms with van der Waals surface area (Å²) in [5, 5.41) is 38.9. The number of allylic oxidation sites excluding steroid dienone is 2. The van der Waals surface area contributed by atoms with Crippen molar-refractivity contribution in [3.63, 3.8) is 0 Å². The van der Waals surface area contributed by atoms with Crippen LogP contribution in [0.2, 0.25) is 0 Å². The number of aliphatic hydroxyl groups excluding tert-OH is 2. The van der Waals surface area contributed by atoms with Crippen molar-refractivity contribution in [3.05, 3.63) is 71.8 Å². The molecule has 3 rings (SSSR count). The number of aliphatic carboxylic acids is 1. The normalized spacial score (nSPS) is 13.1. The highest BCUT2D eigenvalue weighted by atomic mass is 32.2. The zero-order valence-corrected chi connectivity index (χ0v) is 35.8. The summed E-state index contributed by atoms with van der Waals surface area (Å²) in [5.74, 6) is 0.766. The zero-order chi connectivity index (χ0) is 44.4. The van der Waals surface area contributed by atoms with Crippen molar-refractivity contribution < 1.29 is 55.5 Å². The predicted octanol–water partition coefficient (Wildman–Crippen LogP) is 6.33. The van der Waals surface area contributed by atoms with Crippen molar-refractivity contribution >= 4 is 37.9 Å². The Bertz CT molecular complexity index is 1580. The average molecular weight is 873 g/mol. The number of carboxylic acid groups (broad SMARTS) is 1. The van der Waals surface area contributed by atoms with Gasteiger partial charge < -0.3 is 36.3 Å². The van der Waals surface area contributed by atoms with E-state index in [1.54, 1.807) is 24.3 Å². The molecular formula is C41H68N4O12S2. The second kappa shape index (κ2) is 33.7. The van der Waals surface area contributed by atoms with Crippen LogP contribution >= 0.6 is 0 Å². The maximum atomic E-state index is 10.3. The van der Waals surface area contributed by atoms with Crippen LogP contribution in [0.3, 0.4) is 0 Å². The van der Waals surface area contributed by atoms with E-state index >= 15 is 0 Å². The predicted molar refractivity (Wildman–Crippen MR) is 232 cm³/mol. The lowest BCUT2D eigenvalue weighted by Gasteiger charge is -2.08. The summed E-state index contributed by atoms with van der Waals surface area (Å²) in [7, 11) is -7.85. The van der Waals surface area contributed by atoms with Gasteiger partial charge in [0.25, 0.3) is 20.2 Å². The number of carbonyl (C=O) groups is 1. The van der Waals surface area contributed by atoms with E-state index in [1.165, 1.54) is 70.6 Å². The van der Waals surface area contributed by atoms with Gasteiger partial charge in [-0.25, -0.2) is 0 Å². The van der Waals surface area contributed by atoms with Gasteiger partial charge in [0.15, 0.2) is 0 Å². The van der Waals surface area contributed by atoms with Gasteiger partial charge in [0, 0.05) is 17.5 Å². The summed E-state index contributed by atoms with van der Waals surface area (Å²) >= 11 is 0. The number of nitrogens with two attached hydrogens (primary N) is 2. The van der Waals surface area contributed by atoms with Crippen LogP contribution in [-0.2, 0) is 25.0 Å². The highest BCUT2D eigenvalue weighted by Crippen LogP contribution is 2.23. The Morgan fingerprint density at radius 1 is 0.627 bits per heavy atom. The maximum absolute atomic E-state index is 10.3. The lowest BCUT2D eigenvalue weighted by atomic mass is 9.99. The lowest BCUT2D eigenvalue weighted by molar-refractivity contribution is -0.137. The van der Waals surface area contributed by atoms with Gasteiger partial charge in [-0.1, -0.05) is 69.9 Å². The van der Waals surface area contributed by atoms with Crippen molar-refractivity contribution in [1.82, 2.24) is 0 Å². The Kier molecular flexibility index (Phi) is 31.4. The van der Waals surface area contributed by atoms with Gasteiger partial charge in [-0.05, 0) is 99.4 Å². The summed E-state index contributed by atoms with van der Waals surface area (Å²) < 4.78 is 65.5. The Balaban J connectivity index is 0.000000875. The van der Waals surface area contributed by atoms with E-state index in [0.29, 0.717) is 30.8 Å². The molecule has 59 heavy (non-hydrogen) atoms. The zero-order valence-electron chi connectivity index (χ0n) is 34.2. The van der Waals surface area contributed by atoms with Gasteiger partial charge in [0.1, 0.15) is 23.2 Å². The van der Waals surface area contributed by atoms with Gasteiger partial charge in [-0.3, -0.25) is 24.7 Å². The molecule has 1 aliphatic carbocycles. The van der Waals surface area contributed by atoms with E-state index in [9.17, 15) is 21.6 Å². The number of aliphatic hydroxyl groups is 2. The SMILES string of the molecule is N=C(N)c1ccc(OCCCCCOc2ccc(C(=N)N)cc2)cc1.O=C(O)CCCCCCCCCCCCC1C=CCC1.O=S(=O)(O)CCO.O=S(=O)(O)CCO. The summed E-state index contributed by atoms with van der Waals surface area (Å²) in [6.07, 6.45) is 24.8. The molecule has 0 bridgehead atoms. The molecule has 2 aromatic carbocycles. The van der Waals surface area contributed by atoms with Crippen molar-refractivity contribution in [2.24, 2.45) is 17.4 Å². The van der Waals surface area contributed by atoms with Gasteiger partial charge in [0.2, 0.25) is 0 Å². The molecule has 1 atom stereocenters. The second-order valence-corrected chi connectivity index (χ2v) is 17.0. The summed E-state index contributed by atoms with van der Waals surface area (Å²) in [6.45, 7) is 0.233. The Morgan fingerprint density at radius 3 is 1.31 bits per heavy atom. The molecule has 0 amide bonds. The fourth-order valence-corrected chi connectivity index (χ4v) is 5.95. The minimum atomic E-state index is -3.92. The Morgan fingerprint density at radius 2 is 1.00 bits per heavy atom. The van der Waals surface area contributed by atoms with Crippen LogP contribution in [0.5, 0.6) is 11.5 Å². The molecule has 336 valence electrons. The van der Waals surface area contributed by atoms with Gasteiger partial charge >= 0.3 is 5.97 Å². The molecule has 0 heterocycles. The third-order valence-electron chi connectivity index (χ3n) is 8.68. The van der Waals surface area contributed by atoms with E-state index in [1.807, 2.05) is 24.3 Å². The Labute approximate surface area is 350 Å². The second-order valence-electron chi connectivity index (χ2n) is 13.9. The highest BCUT2D eigenvalue weighted by molar-refractivity contribution is 7.86. The van der Waals surface area contributed by atoms with Crippen molar-refractivity contribution in [2.45, 2.75) is 109 Å². The number of hydrogen-bond acceptors (Lipinski definition) is 11. The smallest absolute Gasteiger partial charge is 0.303 e. The summed E-state index contributed by atoms with van der Waals surface area (Å²) in [6, 6.07) is 14.4. The van der Waals surface area contributed by atoms with Crippen molar-refractivity contribution in [3.8, 4) is 11.5 Å². The number of unbranched alkanes of at least 4 members (excludes halogenated alkanes) is 11. The molecule has 0 saturated heterocycles. The van der Waals surface area contributed by atoms with Crippen molar-refractivity contribution in [2.75, 3.05) is 37.9 Å². The van der Waals surface area contributed by atoms with Crippen LogP contribution in [0.1, 0.15) is 120 Å². The largest absolute Gasteiger partial charge is 0.494 e. The van der Waals surface area contributed by atoms with E-state index in [4.69, 9.17) is 56.2 Å². The first-order chi connectivity index (χ1) is 28.0. The Hall–Kier alpha value is -4.07. The minimum absolute atomic E-state index is 0.0579. The van der Waals surface area contributed by atoms with E-state index < -0.39 is 50.9 Å². The molecule has 0 aromatic heterocycles.